The van der Waals surface area contributed by atoms with E-state index in [4.69, 9.17) is 9.47 Å². The number of carbonyl (C=O) groups is 1. The van der Waals surface area contributed by atoms with E-state index >= 15 is 0 Å². The Morgan fingerprint density at radius 3 is 2.18 bits per heavy atom. The zero-order chi connectivity index (χ0) is 12.8. The molecule has 0 radical (unpaired) electrons. The molecule has 0 bridgehead atoms. The van der Waals surface area contributed by atoms with Crippen LogP contribution in [0.25, 0.3) is 0 Å². The normalized spacial score (nSPS) is 10.5. The fourth-order valence-corrected chi connectivity index (χ4v) is 1.66. The van der Waals surface area contributed by atoms with Crippen molar-refractivity contribution in [2.45, 2.75) is 64.7 Å². The van der Waals surface area contributed by atoms with Gasteiger partial charge < -0.3 is 9.47 Å². The first-order chi connectivity index (χ1) is 8.31. The van der Waals surface area contributed by atoms with E-state index in [1.807, 2.05) is 0 Å². The van der Waals surface area contributed by atoms with Crippen molar-refractivity contribution in [1.82, 2.24) is 0 Å². The Morgan fingerprint density at radius 2 is 1.53 bits per heavy atom. The van der Waals surface area contributed by atoms with Gasteiger partial charge in [-0.3, -0.25) is 4.79 Å². The topological polar surface area (TPSA) is 35.5 Å². The maximum atomic E-state index is 11.3. The van der Waals surface area contributed by atoms with E-state index < -0.39 is 0 Å². The van der Waals surface area contributed by atoms with Crippen LogP contribution in [0.5, 0.6) is 0 Å². The fraction of sp³-hybridized carbons (Fsp3) is 0.929. The van der Waals surface area contributed by atoms with E-state index in [2.05, 4.69) is 6.92 Å². The van der Waals surface area contributed by atoms with Crippen LogP contribution in [0, 0.1) is 0 Å². The van der Waals surface area contributed by atoms with Crippen molar-refractivity contribution in [3.63, 3.8) is 0 Å². The van der Waals surface area contributed by atoms with Crippen molar-refractivity contribution in [3.05, 3.63) is 0 Å². The minimum absolute atomic E-state index is 0.0296. The molecule has 3 heteroatoms. The number of carbonyl (C=O) groups excluding carboxylic acids is 1. The largest absolute Gasteiger partial charge is 0.466 e. The molecule has 0 atom stereocenters. The lowest BCUT2D eigenvalue weighted by atomic mass is 10.1. The molecule has 0 aliphatic heterocycles. The fourth-order valence-electron chi connectivity index (χ4n) is 1.66. The second-order valence-electron chi connectivity index (χ2n) is 4.44. The van der Waals surface area contributed by atoms with Crippen LogP contribution in [-0.2, 0) is 14.3 Å². The van der Waals surface area contributed by atoms with Gasteiger partial charge in [0.2, 0.25) is 0 Å². The SMILES string of the molecule is CCCCCCC(=O)OCCCCCCOC. The van der Waals surface area contributed by atoms with Crippen molar-refractivity contribution in [3.8, 4) is 0 Å². The molecule has 0 saturated carbocycles. The molecule has 0 N–H and O–H groups in total. The molecule has 0 aromatic rings. The Kier molecular flexibility index (Phi) is 13.0. The molecule has 0 heterocycles. The summed E-state index contributed by atoms with van der Waals surface area (Å²) in [4.78, 5) is 11.3. The van der Waals surface area contributed by atoms with Gasteiger partial charge in [-0.2, -0.15) is 0 Å². The van der Waals surface area contributed by atoms with Gasteiger partial charge in [0.05, 0.1) is 6.61 Å². The van der Waals surface area contributed by atoms with Gasteiger partial charge in [0.1, 0.15) is 0 Å². The number of methoxy groups -OCH3 is 1. The molecule has 0 rings (SSSR count). The summed E-state index contributed by atoms with van der Waals surface area (Å²) >= 11 is 0. The maximum Gasteiger partial charge on any atom is 0.305 e. The molecule has 0 aromatic heterocycles. The average Bonchev–Trinajstić information content (AvgIpc) is 2.33. The monoisotopic (exact) mass is 244 g/mol. The molecular formula is C14H28O3. The number of esters is 1. The molecule has 102 valence electrons. The summed E-state index contributed by atoms with van der Waals surface area (Å²) in [7, 11) is 1.72. The Balaban J connectivity index is 3.11. The quantitative estimate of drug-likeness (QED) is 0.388. The molecule has 17 heavy (non-hydrogen) atoms. The number of hydrogen-bond donors (Lipinski definition) is 0. The lowest BCUT2D eigenvalue weighted by Crippen LogP contribution is -2.05. The van der Waals surface area contributed by atoms with Crippen LogP contribution in [0.15, 0.2) is 0 Å². The van der Waals surface area contributed by atoms with Gasteiger partial charge in [-0.25, -0.2) is 0 Å². The lowest BCUT2D eigenvalue weighted by Gasteiger charge is -2.04. The number of unbranched alkanes of at least 4 members (excludes halogenated alkanes) is 6. The molecule has 0 spiro atoms. The standard InChI is InChI=1S/C14H28O3/c1-3-4-5-8-11-14(15)17-13-10-7-6-9-12-16-2/h3-13H2,1-2H3. The highest BCUT2D eigenvalue weighted by Crippen LogP contribution is 2.05. The molecule has 0 aromatic carbocycles. The highest BCUT2D eigenvalue weighted by atomic mass is 16.5. The third-order valence-corrected chi connectivity index (χ3v) is 2.74. The van der Waals surface area contributed by atoms with Gasteiger partial charge in [-0.05, 0) is 25.7 Å². The van der Waals surface area contributed by atoms with Gasteiger partial charge in [0.15, 0.2) is 0 Å². The lowest BCUT2D eigenvalue weighted by molar-refractivity contribution is -0.143. The van der Waals surface area contributed by atoms with Gasteiger partial charge in [-0.1, -0.05) is 32.6 Å². The Bertz CT molecular complexity index is 169. The smallest absolute Gasteiger partial charge is 0.305 e. The van der Waals surface area contributed by atoms with Crippen molar-refractivity contribution >= 4 is 5.97 Å². The van der Waals surface area contributed by atoms with Crippen molar-refractivity contribution < 1.29 is 14.3 Å². The van der Waals surface area contributed by atoms with Gasteiger partial charge in [-0.15, -0.1) is 0 Å². The summed E-state index contributed by atoms with van der Waals surface area (Å²) in [5.41, 5.74) is 0. The van der Waals surface area contributed by atoms with Gasteiger partial charge in [0, 0.05) is 20.1 Å². The molecule has 0 amide bonds. The highest BCUT2D eigenvalue weighted by Gasteiger charge is 2.01. The highest BCUT2D eigenvalue weighted by molar-refractivity contribution is 5.69. The van der Waals surface area contributed by atoms with Crippen LogP contribution in [0.1, 0.15) is 64.7 Å². The molecule has 0 unspecified atom stereocenters. The summed E-state index contributed by atoms with van der Waals surface area (Å²) in [6, 6.07) is 0. The van der Waals surface area contributed by atoms with E-state index in [1.165, 1.54) is 12.8 Å². The number of rotatable bonds is 12. The number of ether oxygens (including phenoxy) is 2. The summed E-state index contributed by atoms with van der Waals surface area (Å²) in [6.45, 7) is 3.58. The summed E-state index contributed by atoms with van der Waals surface area (Å²) in [6.07, 6.45) is 9.47. The van der Waals surface area contributed by atoms with E-state index in [9.17, 15) is 4.79 Å². The first kappa shape index (κ1) is 16.4. The Labute approximate surface area is 106 Å². The second kappa shape index (κ2) is 13.5. The predicted octanol–water partition coefficient (Wildman–Crippen LogP) is 3.71. The second-order valence-corrected chi connectivity index (χ2v) is 4.44. The minimum atomic E-state index is -0.0296. The van der Waals surface area contributed by atoms with Crippen LogP contribution in [-0.4, -0.2) is 26.3 Å². The minimum Gasteiger partial charge on any atom is -0.466 e. The Morgan fingerprint density at radius 1 is 0.882 bits per heavy atom. The first-order valence-corrected chi connectivity index (χ1v) is 6.95. The first-order valence-electron chi connectivity index (χ1n) is 6.95. The average molecular weight is 244 g/mol. The summed E-state index contributed by atoms with van der Waals surface area (Å²) in [5.74, 6) is -0.0296. The molecule has 0 saturated heterocycles. The zero-order valence-corrected chi connectivity index (χ0v) is 11.5. The van der Waals surface area contributed by atoms with Crippen molar-refractivity contribution in [1.29, 1.82) is 0 Å². The summed E-state index contributed by atoms with van der Waals surface area (Å²) in [5, 5.41) is 0. The van der Waals surface area contributed by atoms with Gasteiger partial charge in [0.25, 0.3) is 0 Å². The van der Waals surface area contributed by atoms with Crippen LogP contribution in [0.2, 0.25) is 0 Å². The van der Waals surface area contributed by atoms with Crippen LogP contribution in [0.3, 0.4) is 0 Å². The maximum absolute atomic E-state index is 11.3. The molecule has 0 aliphatic rings. The number of hydrogen-bond acceptors (Lipinski definition) is 3. The van der Waals surface area contributed by atoms with Crippen LogP contribution in [0.4, 0.5) is 0 Å². The van der Waals surface area contributed by atoms with E-state index in [0.717, 1.165) is 45.1 Å². The zero-order valence-electron chi connectivity index (χ0n) is 11.5. The van der Waals surface area contributed by atoms with Gasteiger partial charge >= 0.3 is 5.97 Å². The van der Waals surface area contributed by atoms with E-state index in [1.54, 1.807) is 7.11 Å². The molecule has 0 fully saturated rings. The molecule has 0 aliphatic carbocycles. The van der Waals surface area contributed by atoms with Crippen molar-refractivity contribution in [2.24, 2.45) is 0 Å². The summed E-state index contributed by atoms with van der Waals surface area (Å²) < 4.78 is 10.1. The molecular weight excluding hydrogens is 216 g/mol. The Hall–Kier alpha value is -0.570. The van der Waals surface area contributed by atoms with E-state index in [-0.39, 0.29) is 5.97 Å². The van der Waals surface area contributed by atoms with E-state index in [0.29, 0.717) is 13.0 Å². The third-order valence-electron chi connectivity index (χ3n) is 2.74. The third kappa shape index (κ3) is 13.4. The van der Waals surface area contributed by atoms with Crippen LogP contribution >= 0.6 is 0 Å². The molecule has 3 nitrogen and oxygen atoms in total. The van der Waals surface area contributed by atoms with Crippen molar-refractivity contribution in [2.75, 3.05) is 20.3 Å². The predicted molar refractivity (Wildman–Crippen MR) is 70.1 cm³/mol. The van der Waals surface area contributed by atoms with Crippen LogP contribution < -0.4 is 0 Å².